The first-order chi connectivity index (χ1) is 17.2. The van der Waals surface area contributed by atoms with Crippen molar-refractivity contribution in [2.75, 3.05) is 13.2 Å². The molecule has 0 amide bonds. The Morgan fingerprint density at radius 3 is 2.61 bits per heavy atom. The molecule has 1 aliphatic rings. The van der Waals surface area contributed by atoms with Crippen molar-refractivity contribution in [2.24, 2.45) is 4.99 Å². The highest BCUT2D eigenvalue weighted by Crippen LogP contribution is 2.34. The van der Waals surface area contributed by atoms with Crippen LogP contribution in [0.2, 0.25) is 10.0 Å². The van der Waals surface area contributed by atoms with Crippen molar-refractivity contribution in [1.29, 1.82) is 0 Å². The highest BCUT2D eigenvalue weighted by molar-refractivity contribution is 7.07. The molecule has 0 saturated heterocycles. The molecule has 0 unspecified atom stereocenters. The number of nitrogens with zero attached hydrogens (tertiary/aromatic N) is 2. The second-order valence-corrected chi connectivity index (χ2v) is 9.97. The summed E-state index contributed by atoms with van der Waals surface area (Å²) in [5.74, 6) is -0.106. The Morgan fingerprint density at radius 1 is 1.22 bits per heavy atom. The standard InChI is InChI=1S/C27H24Cl2N2O4S/c1-5-11-35-24-18(12-19(28)14-20(24)29)13-21-25(32)31-23(17-9-7-15(3)8-10-17)22(26(33)34-6-2)16(4)30-27(31)36-21/h5,7-10,12-14,23H,1,6,11H2,2-4H3/b21-13-/t23-/m0/s1. The number of benzene rings is 2. The number of hydrogen-bond donors (Lipinski definition) is 0. The van der Waals surface area contributed by atoms with E-state index >= 15 is 0 Å². The molecule has 0 spiro atoms. The van der Waals surface area contributed by atoms with E-state index in [0.717, 1.165) is 11.1 Å². The number of ether oxygens (including phenoxy) is 2. The summed E-state index contributed by atoms with van der Waals surface area (Å²) in [5, 5.41) is 0.726. The zero-order chi connectivity index (χ0) is 26.0. The number of fused-ring (bicyclic) bond motifs is 1. The van der Waals surface area contributed by atoms with Crippen molar-refractivity contribution in [1.82, 2.24) is 4.57 Å². The van der Waals surface area contributed by atoms with Crippen molar-refractivity contribution in [3.63, 3.8) is 0 Å². The van der Waals surface area contributed by atoms with Crippen molar-refractivity contribution in [3.8, 4) is 5.75 Å². The van der Waals surface area contributed by atoms with Gasteiger partial charge in [0, 0.05) is 10.6 Å². The van der Waals surface area contributed by atoms with E-state index in [0.29, 0.717) is 42.0 Å². The van der Waals surface area contributed by atoms with Gasteiger partial charge in [-0.3, -0.25) is 9.36 Å². The third-order valence-corrected chi connectivity index (χ3v) is 7.06. The summed E-state index contributed by atoms with van der Waals surface area (Å²) in [6, 6.07) is 10.3. The predicted molar refractivity (Wildman–Crippen MR) is 144 cm³/mol. The van der Waals surface area contributed by atoms with Crippen molar-refractivity contribution >= 4 is 46.6 Å². The van der Waals surface area contributed by atoms with Gasteiger partial charge in [-0.2, -0.15) is 0 Å². The van der Waals surface area contributed by atoms with E-state index in [1.54, 1.807) is 38.1 Å². The second kappa shape index (κ2) is 10.9. The van der Waals surface area contributed by atoms with Crippen LogP contribution in [-0.4, -0.2) is 23.8 Å². The summed E-state index contributed by atoms with van der Waals surface area (Å²) < 4.78 is 13.0. The van der Waals surface area contributed by atoms with Gasteiger partial charge < -0.3 is 9.47 Å². The van der Waals surface area contributed by atoms with E-state index in [4.69, 9.17) is 32.7 Å². The lowest BCUT2D eigenvalue weighted by Crippen LogP contribution is -2.39. The third-order valence-electron chi connectivity index (χ3n) is 5.58. The zero-order valence-corrected chi connectivity index (χ0v) is 22.3. The molecule has 4 rings (SSSR count). The number of rotatable bonds is 7. The number of esters is 1. The Morgan fingerprint density at radius 2 is 1.94 bits per heavy atom. The molecular weight excluding hydrogens is 519 g/mol. The smallest absolute Gasteiger partial charge is 0.338 e. The minimum absolute atomic E-state index is 0.212. The minimum atomic E-state index is -0.678. The number of halogens is 2. The average Bonchev–Trinajstić information content (AvgIpc) is 3.12. The van der Waals surface area contributed by atoms with Gasteiger partial charge in [0.05, 0.1) is 33.5 Å². The van der Waals surface area contributed by atoms with E-state index in [-0.39, 0.29) is 18.8 Å². The van der Waals surface area contributed by atoms with Crippen molar-refractivity contribution in [2.45, 2.75) is 26.8 Å². The Balaban J connectivity index is 1.96. The number of aromatic nitrogens is 1. The first kappa shape index (κ1) is 25.9. The van der Waals surface area contributed by atoms with Crippen LogP contribution in [0.3, 0.4) is 0 Å². The van der Waals surface area contributed by atoms with Crippen LogP contribution in [0.1, 0.15) is 36.6 Å². The fourth-order valence-corrected chi connectivity index (χ4v) is 5.58. The van der Waals surface area contributed by atoms with Crippen LogP contribution in [0, 0.1) is 6.92 Å². The van der Waals surface area contributed by atoms with Gasteiger partial charge in [-0.05, 0) is 44.5 Å². The SMILES string of the molecule is C=CCOc1c(Cl)cc(Cl)cc1/C=c1\sc2n(c1=O)[C@@H](c1ccc(C)cc1)C(C(=O)OCC)=C(C)N=2. The Labute approximate surface area is 222 Å². The van der Waals surface area contributed by atoms with E-state index < -0.39 is 12.0 Å². The molecule has 0 radical (unpaired) electrons. The summed E-state index contributed by atoms with van der Waals surface area (Å²) in [6.07, 6.45) is 3.28. The maximum Gasteiger partial charge on any atom is 0.338 e. The minimum Gasteiger partial charge on any atom is -0.487 e. The molecule has 0 bridgehead atoms. The van der Waals surface area contributed by atoms with Gasteiger partial charge in [-0.25, -0.2) is 9.79 Å². The van der Waals surface area contributed by atoms with Gasteiger partial charge >= 0.3 is 5.97 Å². The number of aryl methyl sites for hydroxylation is 1. The molecule has 0 fully saturated rings. The highest BCUT2D eigenvalue weighted by atomic mass is 35.5. The van der Waals surface area contributed by atoms with Gasteiger partial charge in [0.1, 0.15) is 12.4 Å². The molecule has 1 atom stereocenters. The molecule has 36 heavy (non-hydrogen) atoms. The highest BCUT2D eigenvalue weighted by Gasteiger charge is 2.33. The summed E-state index contributed by atoms with van der Waals surface area (Å²) in [7, 11) is 0. The van der Waals surface area contributed by atoms with Crippen LogP contribution in [0.5, 0.6) is 5.75 Å². The second-order valence-electron chi connectivity index (χ2n) is 8.12. The van der Waals surface area contributed by atoms with Crippen molar-refractivity contribution in [3.05, 3.63) is 107 Å². The lowest BCUT2D eigenvalue weighted by atomic mass is 9.95. The summed E-state index contributed by atoms with van der Waals surface area (Å²) in [6.45, 7) is 9.59. The lowest BCUT2D eigenvalue weighted by Gasteiger charge is -2.24. The maximum absolute atomic E-state index is 13.8. The Kier molecular flexibility index (Phi) is 7.83. The van der Waals surface area contributed by atoms with Gasteiger partial charge in [0.15, 0.2) is 4.80 Å². The first-order valence-corrected chi connectivity index (χ1v) is 12.8. The molecule has 0 aliphatic carbocycles. The average molecular weight is 543 g/mol. The number of thiazole rings is 1. The molecule has 0 saturated carbocycles. The van der Waals surface area contributed by atoms with E-state index in [1.165, 1.54) is 15.9 Å². The molecule has 6 nitrogen and oxygen atoms in total. The summed E-state index contributed by atoms with van der Waals surface area (Å²) in [4.78, 5) is 31.8. The Hall–Kier alpha value is -3.13. The van der Waals surface area contributed by atoms with E-state index in [1.807, 2.05) is 31.2 Å². The van der Waals surface area contributed by atoms with Gasteiger partial charge in [-0.1, -0.05) is 77.0 Å². The summed E-state index contributed by atoms with van der Waals surface area (Å²) >= 11 is 13.8. The van der Waals surface area contributed by atoms with Crippen LogP contribution in [-0.2, 0) is 9.53 Å². The predicted octanol–water partition coefficient (Wildman–Crippen LogP) is 4.98. The third kappa shape index (κ3) is 5.05. The molecule has 3 aromatic rings. The van der Waals surface area contributed by atoms with Crippen LogP contribution >= 0.6 is 34.5 Å². The van der Waals surface area contributed by atoms with Crippen LogP contribution in [0.4, 0.5) is 0 Å². The van der Waals surface area contributed by atoms with E-state index in [9.17, 15) is 9.59 Å². The molecule has 1 aromatic heterocycles. The molecule has 9 heteroatoms. The maximum atomic E-state index is 13.8. The number of carbonyl (C=O) groups is 1. The van der Waals surface area contributed by atoms with Crippen LogP contribution < -0.4 is 19.6 Å². The summed E-state index contributed by atoms with van der Waals surface area (Å²) in [5.41, 5.74) is 2.94. The van der Waals surface area contributed by atoms with Gasteiger partial charge in [-0.15, -0.1) is 0 Å². The molecule has 186 valence electrons. The zero-order valence-electron chi connectivity index (χ0n) is 20.0. The van der Waals surface area contributed by atoms with Crippen LogP contribution in [0.15, 0.2) is 70.1 Å². The normalized spacial score (nSPS) is 15.4. The fraction of sp³-hybridized carbons (Fsp3) is 0.222. The number of carbonyl (C=O) groups excluding carboxylic acids is 1. The fourth-order valence-electron chi connectivity index (χ4n) is 3.98. The van der Waals surface area contributed by atoms with E-state index in [2.05, 4.69) is 11.6 Å². The number of hydrogen-bond acceptors (Lipinski definition) is 6. The molecule has 2 heterocycles. The first-order valence-electron chi connectivity index (χ1n) is 11.2. The molecule has 2 aromatic carbocycles. The lowest BCUT2D eigenvalue weighted by molar-refractivity contribution is -0.139. The molecular formula is C27H24Cl2N2O4S. The van der Waals surface area contributed by atoms with Gasteiger partial charge in [0.25, 0.3) is 5.56 Å². The quantitative estimate of drug-likeness (QED) is 0.312. The largest absolute Gasteiger partial charge is 0.487 e. The van der Waals surface area contributed by atoms with Crippen molar-refractivity contribution < 1.29 is 14.3 Å². The molecule has 1 aliphatic heterocycles. The number of allylic oxidation sites excluding steroid dienone is 1. The Bertz CT molecular complexity index is 1550. The molecule has 0 N–H and O–H groups in total. The topological polar surface area (TPSA) is 69.9 Å². The van der Waals surface area contributed by atoms with Gasteiger partial charge in [0.2, 0.25) is 0 Å². The van der Waals surface area contributed by atoms with Crippen LogP contribution in [0.25, 0.3) is 6.08 Å². The monoisotopic (exact) mass is 542 g/mol.